The van der Waals surface area contributed by atoms with Crippen molar-refractivity contribution in [1.82, 2.24) is 15.1 Å². The molecular weight excluding hydrogens is 304 g/mol. The molecule has 0 spiro atoms. The molecule has 2 aromatic rings. The minimum absolute atomic E-state index is 0.222. The Morgan fingerprint density at radius 3 is 2.62 bits per heavy atom. The Kier molecular flexibility index (Phi) is 4.85. The molecular formula is C18H24N4O2. The fourth-order valence-corrected chi connectivity index (χ4v) is 3.19. The van der Waals surface area contributed by atoms with Gasteiger partial charge in [0.05, 0.1) is 18.4 Å². The second kappa shape index (κ2) is 7.05. The van der Waals surface area contributed by atoms with E-state index in [9.17, 15) is 4.79 Å². The summed E-state index contributed by atoms with van der Waals surface area (Å²) in [6.07, 6.45) is 1.62. The third-order valence-corrected chi connectivity index (χ3v) is 4.43. The SMILES string of the molecule is COc1c(CNCc2ccc(N3CCCC3=O)cc2)c(C)nn1C. The van der Waals surface area contributed by atoms with Gasteiger partial charge in [-0.25, -0.2) is 4.68 Å². The molecule has 1 aliphatic heterocycles. The fourth-order valence-electron chi connectivity index (χ4n) is 3.19. The van der Waals surface area contributed by atoms with E-state index in [0.717, 1.165) is 42.3 Å². The molecule has 0 unspecified atom stereocenters. The van der Waals surface area contributed by atoms with Crippen LogP contribution in [0.25, 0.3) is 0 Å². The number of carbonyl (C=O) groups is 1. The van der Waals surface area contributed by atoms with Gasteiger partial charge >= 0.3 is 0 Å². The van der Waals surface area contributed by atoms with Crippen molar-refractivity contribution in [2.24, 2.45) is 7.05 Å². The Morgan fingerprint density at radius 1 is 1.25 bits per heavy atom. The monoisotopic (exact) mass is 328 g/mol. The van der Waals surface area contributed by atoms with Crippen LogP contribution in [0.5, 0.6) is 5.88 Å². The lowest BCUT2D eigenvalue weighted by atomic mass is 10.2. The standard InChI is InChI=1S/C18H24N4O2/c1-13-16(18(24-3)21(2)20-13)12-19-11-14-6-8-15(9-7-14)22-10-4-5-17(22)23/h6-9,19H,4-5,10-12H2,1-3H3. The highest BCUT2D eigenvalue weighted by molar-refractivity contribution is 5.95. The molecule has 0 saturated carbocycles. The van der Waals surface area contributed by atoms with E-state index in [1.54, 1.807) is 11.8 Å². The fraction of sp³-hybridized carbons (Fsp3) is 0.444. The van der Waals surface area contributed by atoms with Crippen molar-refractivity contribution in [3.63, 3.8) is 0 Å². The summed E-state index contributed by atoms with van der Waals surface area (Å²) in [7, 11) is 3.55. The van der Waals surface area contributed by atoms with Crippen molar-refractivity contribution in [3.8, 4) is 5.88 Å². The Hall–Kier alpha value is -2.34. The maximum Gasteiger partial charge on any atom is 0.227 e. The minimum Gasteiger partial charge on any atom is -0.481 e. The molecule has 1 aromatic carbocycles. The van der Waals surface area contributed by atoms with Gasteiger partial charge in [-0.2, -0.15) is 5.10 Å². The van der Waals surface area contributed by atoms with Gasteiger partial charge < -0.3 is 15.0 Å². The van der Waals surface area contributed by atoms with Crippen LogP contribution in [-0.2, 0) is 24.9 Å². The van der Waals surface area contributed by atoms with E-state index in [4.69, 9.17) is 4.74 Å². The highest BCUT2D eigenvalue weighted by atomic mass is 16.5. The predicted molar refractivity (Wildman–Crippen MR) is 93.1 cm³/mol. The average molecular weight is 328 g/mol. The lowest BCUT2D eigenvalue weighted by molar-refractivity contribution is -0.117. The van der Waals surface area contributed by atoms with E-state index < -0.39 is 0 Å². The average Bonchev–Trinajstić information content (AvgIpc) is 3.11. The van der Waals surface area contributed by atoms with Crippen LogP contribution < -0.4 is 15.0 Å². The zero-order chi connectivity index (χ0) is 17.1. The molecule has 24 heavy (non-hydrogen) atoms. The number of amides is 1. The number of methoxy groups -OCH3 is 1. The smallest absolute Gasteiger partial charge is 0.227 e. The van der Waals surface area contributed by atoms with Crippen LogP contribution in [0.3, 0.4) is 0 Å². The van der Waals surface area contributed by atoms with Crippen molar-refractivity contribution in [2.75, 3.05) is 18.6 Å². The number of aryl methyl sites for hydroxylation is 2. The zero-order valence-corrected chi connectivity index (χ0v) is 14.5. The van der Waals surface area contributed by atoms with Crippen molar-refractivity contribution < 1.29 is 9.53 Å². The van der Waals surface area contributed by atoms with E-state index in [1.807, 2.05) is 31.0 Å². The van der Waals surface area contributed by atoms with Crippen LogP contribution in [0.2, 0.25) is 0 Å². The lowest BCUT2D eigenvalue weighted by Crippen LogP contribution is -2.23. The summed E-state index contributed by atoms with van der Waals surface area (Å²) in [5.74, 6) is 1.02. The number of ether oxygens (including phenoxy) is 1. The second-order valence-corrected chi connectivity index (χ2v) is 6.12. The predicted octanol–water partition coefficient (Wildman–Crippen LogP) is 2.15. The first-order valence-corrected chi connectivity index (χ1v) is 8.26. The Labute approximate surface area is 142 Å². The van der Waals surface area contributed by atoms with E-state index in [0.29, 0.717) is 13.0 Å². The van der Waals surface area contributed by atoms with Crippen LogP contribution in [-0.4, -0.2) is 29.3 Å². The number of anilines is 1. The molecule has 1 N–H and O–H groups in total. The molecule has 0 radical (unpaired) electrons. The number of carbonyl (C=O) groups excluding carboxylic acids is 1. The van der Waals surface area contributed by atoms with Crippen molar-refractivity contribution in [3.05, 3.63) is 41.1 Å². The number of hydrogen-bond donors (Lipinski definition) is 1. The normalized spacial score (nSPS) is 14.5. The van der Waals surface area contributed by atoms with Crippen LogP contribution in [0.15, 0.2) is 24.3 Å². The summed E-state index contributed by atoms with van der Waals surface area (Å²) in [4.78, 5) is 13.6. The molecule has 1 saturated heterocycles. The van der Waals surface area contributed by atoms with Gasteiger partial charge in [0.15, 0.2) is 0 Å². The van der Waals surface area contributed by atoms with Gasteiger partial charge in [-0.15, -0.1) is 0 Å². The third-order valence-electron chi connectivity index (χ3n) is 4.43. The van der Waals surface area contributed by atoms with Crippen molar-refractivity contribution >= 4 is 11.6 Å². The molecule has 6 nitrogen and oxygen atoms in total. The number of benzene rings is 1. The molecule has 1 fully saturated rings. The largest absolute Gasteiger partial charge is 0.481 e. The summed E-state index contributed by atoms with van der Waals surface area (Å²) >= 11 is 0. The van der Waals surface area contributed by atoms with Crippen LogP contribution in [0, 0.1) is 6.92 Å². The molecule has 1 amide bonds. The molecule has 0 aliphatic carbocycles. The van der Waals surface area contributed by atoms with E-state index >= 15 is 0 Å². The van der Waals surface area contributed by atoms with Gasteiger partial charge in [-0.1, -0.05) is 12.1 Å². The summed E-state index contributed by atoms with van der Waals surface area (Å²) in [5.41, 5.74) is 4.24. The number of nitrogens with zero attached hydrogens (tertiary/aromatic N) is 3. The first-order chi connectivity index (χ1) is 11.6. The second-order valence-electron chi connectivity index (χ2n) is 6.12. The molecule has 2 heterocycles. The third kappa shape index (κ3) is 3.28. The Balaban J connectivity index is 1.58. The lowest BCUT2D eigenvalue weighted by Gasteiger charge is -2.16. The van der Waals surface area contributed by atoms with Gasteiger partial charge in [0.25, 0.3) is 0 Å². The molecule has 1 aliphatic rings. The maximum atomic E-state index is 11.8. The molecule has 128 valence electrons. The van der Waals surface area contributed by atoms with E-state index in [-0.39, 0.29) is 5.91 Å². The Morgan fingerprint density at radius 2 is 2.00 bits per heavy atom. The number of hydrogen-bond acceptors (Lipinski definition) is 4. The van der Waals surface area contributed by atoms with E-state index in [1.165, 1.54) is 5.56 Å². The van der Waals surface area contributed by atoms with Gasteiger partial charge in [0.2, 0.25) is 11.8 Å². The zero-order valence-electron chi connectivity index (χ0n) is 14.5. The summed E-state index contributed by atoms with van der Waals surface area (Å²) < 4.78 is 7.16. The number of aromatic nitrogens is 2. The highest BCUT2D eigenvalue weighted by Gasteiger charge is 2.21. The summed E-state index contributed by atoms with van der Waals surface area (Å²) in [6.45, 7) is 4.28. The summed E-state index contributed by atoms with van der Waals surface area (Å²) in [6, 6.07) is 8.19. The topological polar surface area (TPSA) is 59.4 Å². The summed E-state index contributed by atoms with van der Waals surface area (Å²) in [5, 5.41) is 7.82. The van der Waals surface area contributed by atoms with Gasteiger partial charge in [0, 0.05) is 38.8 Å². The van der Waals surface area contributed by atoms with E-state index in [2.05, 4.69) is 22.5 Å². The Bertz CT molecular complexity index is 721. The van der Waals surface area contributed by atoms with Crippen LogP contribution in [0.4, 0.5) is 5.69 Å². The van der Waals surface area contributed by atoms with Crippen LogP contribution in [0.1, 0.15) is 29.7 Å². The number of rotatable bonds is 6. The quantitative estimate of drug-likeness (QED) is 0.883. The van der Waals surface area contributed by atoms with Crippen LogP contribution >= 0.6 is 0 Å². The first kappa shape index (κ1) is 16.5. The highest BCUT2D eigenvalue weighted by Crippen LogP contribution is 2.22. The maximum absolute atomic E-state index is 11.8. The molecule has 6 heteroatoms. The van der Waals surface area contributed by atoms with Gasteiger partial charge in [-0.3, -0.25) is 4.79 Å². The van der Waals surface area contributed by atoms with Crippen molar-refractivity contribution in [1.29, 1.82) is 0 Å². The minimum atomic E-state index is 0.222. The molecule has 3 rings (SSSR count). The first-order valence-electron chi connectivity index (χ1n) is 8.26. The number of nitrogens with one attached hydrogen (secondary N) is 1. The van der Waals surface area contributed by atoms with Crippen molar-refractivity contribution in [2.45, 2.75) is 32.9 Å². The van der Waals surface area contributed by atoms with Gasteiger partial charge in [0.1, 0.15) is 0 Å². The molecule has 1 aromatic heterocycles. The molecule has 0 bridgehead atoms. The molecule has 0 atom stereocenters. The van der Waals surface area contributed by atoms with Gasteiger partial charge in [-0.05, 0) is 31.0 Å².